The van der Waals surface area contributed by atoms with Crippen LogP contribution in [0.25, 0.3) is 0 Å². The lowest BCUT2D eigenvalue weighted by Gasteiger charge is -2.23. The van der Waals surface area contributed by atoms with E-state index in [1.54, 1.807) is 0 Å². The van der Waals surface area contributed by atoms with E-state index in [0.717, 1.165) is 38.1 Å². The lowest BCUT2D eigenvalue weighted by Crippen LogP contribution is -2.32. The highest BCUT2D eigenvalue weighted by Gasteiger charge is 2.45. The van der Waals surface area contributed by atoms with Crippen molar-refractivity contribution in [3.63, 3.8) is 0 Å². The van der Waals surface area contributed by atoms with Crippen LogP contribution in [0.15, 0.2) is 12.4 Å². The predicted octanol–water partition coefficient (Wildman–Crippen LogP) is 2.69. The van der Waals surface area contributed by atoms with E-state index >= 15 is 0 Å². The average Bonchev–Trinajstić information content (AvgIpc) is 3.22. The third-order valence-corrected chi connectivity index (χ3v) is 4.98. The zero-order chi connectivity index (χ0) is 19.5. The van der Waals surface area contributed by atoms with Gasteiger partial charge in [0, 0.05) is 38.4 Å². The molecule has 6 nitrogen and oxygen atoms in total. The molecular formula is C17H26F3N3O3. The molecule has 0 bridgehead atoms. The molecule has 1 aromatic heterocycles. The summed E-state index contributed by atoms with van der Waals surface area (Å²) in [5.41, 5.74) is 1.45. The Balaban J connectivity index is 0.000000298. The van der Waals surface area contributed by atoms with Gasteiger partial charge in [0.2, 0.25) is 0 Å². The van der Waals surface area contributed by atoms with E-state index < -0.39 is 12.1 Å². The molecular weight excluding hydrogens is 351 g/mol. The molecule has 2 atom stereocenters. The Morgan fingerprint density at radius 3 is 2.62 bits per heavy atom. The van der Waals surface area contributed by atoms with Crippen LogP contribution in [0.1, 0.15) is 32.3 Å². The number of carboxylic acid groups (broad SMARTS) is 1. The summed E-state index contributed by atoms with van der Waals surface area (Å²) >= 11 is 0. The number of carboxylic acids is 1. The molecule has 2 saturated heterocycles. The van der Waals surface area contributed by atoms with Gasteiger partial charge in [0.25, 0.3) is 0 Å². The number of aromatic nitrogens is 2. The normalized spacial score (nSPS) is 26.3. The van der Waals surface area contributed by atoms with Gasteiger partial charge in [-0.05, 0) is 24.7 Å². The van der Waals surface area contributed by atoms with Crippen LogP contribution in [0.4, 0.5) is 13.2 Å². The number of rotatable bonds is 3. The Morgan fingerprint density at radius 2 is 2.15 bits per heavy atom. The Morgan fingerprint density at radius 1 is 1.50 bits per heavy atom. The van der Waals surface area contributed by atoms with E-state index in [1.807, 2.05) is 17.9 Å². The Kier molecular flexibility index (Phi) is 6.33. The summed E-state index contributed by atoms with van der Waals surface area (Å²) in [6.45, 7) is 8.83. The number of aliphatic carboxylic acids is 1. The van der Waals surface area contributed by atoms with Gasteiger partial charge in [-0.15, -0.1) is 0 Å². The molecule has 3 heterocycles. The molecule has 2 unspecified atom stereocenters. The van der Waals surface area contributed by atoms with Gasteiger partial charge in [0.1, 0.15) is 0 Å². The Bertz CT molecular complexity index is 618. The van der Waals surface area contributed by atoms with Gasteiger partial charge < -0.3 is 9.84 Å². The maximum atomic E-state index is 10.6. The summed E-state index contributed by atoms with van der Waals surface area (Å²) in [6, 6.07) is 0. The number of nitrogens with zero attached hydrogens (tertiary/aromatic N) is 3. The van der Waals surface area contributed by atoms with Gasteiger partial charge in [-0.25, -0.2) is 4.79 Å². The van der Waals surface area contributed by atoms with Crippen molar-refractivity contribution in [1.82, 2.24) is 14.7 Å². The SMILES string of the molecule is CC(C)C1COC2(CCN(Cc3cnn(C)c3)C2)C1.O=C(O)C(F)(F)F. The third kappa shape index (κ3) is 5.44. The number of hydrogen-bond acceptors (Lipinski definition) is 4. The van der Waals surface area contributed by atoms with Crippen molar-refractivity contribution in [3.05, 3.63) is 18.0 Å². The fraction of sp³-hybridized carbons (Fsp3) is 0.765. The van der Waals surface area contributed by atoms with Gasteiger partial charge in [-0.2, -0.15) is 18.3 Å². The van der Waals surface area contributed by atoms with Gasteiger partial charge in [0.15, 0.2) is 0 Å². The first-order chi connectivity index (χ1) is 12.0. The molecule has 26 heavy (non-hydrogen) atoms. The minimum absolute atomic E-state index is 0.150. The van der Waals surface area contributed by atoms with Crippen LogP contribution >= 0.6 is 0 Å². The number of carbonyl (C=O) groups is 1. The zero-order valence-electron chi connectivity index (χ0n) is 15.3. The molecule has 3 rings (SSSR count). The van der Waals surface area contributed by atoms with Gasteiger partial charge in [-0.1, -0.05) is 13.8 Å². The van der Waals surface area contributed by atoms with Crippen molar-refractivity contribution in [2.24, 2.45) is 18.9 Å². The van der Waals surface area contributed by atoms with Gasteiger partial charge in [-0.3, -0.25) is 9.58 Å². The first-order valence-electron chi connectivity index (χ1n) is 8.65. The van der Waals surface area contributed by atoms with Crippen molar-refractivity contribution >= 4 is 5.97 Å². The summed E-state index contributed by atoms with van der Waals surface area (Å²) in [5.74, 6) is -1.27. The lowest BCUT2D eigenvalue weighted by molar-refractivity contribution is -0.192. The number of aryl methyl sites for hydroxylation is 1. The highest BCUT2D eigenvalue weighted by Crippen LogP contribution is 2.40. The highest BCUT2D eigenvalue weighted by atomic mass is 19.4. The third-order valence-electron chi connectivity index (χ3n) is 4.98. The molecule has 0 aliphatic carbocycles. The van der Waals surface area contributed by atoms with Crippen molar-refractivity contribution in [2.75, 3.05) is 19.7 Å². The minimum Gasteiger partial charge on any atom is -0.475 e. The molecule has 0 amide bonds. The van der Waals surface area contributed by atoms with Crippen LogP contribution < -0.4 is 0 Å². The van der Waals surface area contributed by atoms with E-state index in [0.29, 0.717) is 0 Å². The Labute approximate surface area is 150 Å². The smallest absolute Gasteiger partial charge is 0.475 e. The first-order valence-corrected chi connectivity index (χ1v) is 8.65. The summed E-state index contributed by atoms with van der Waals surface area (Å²) in [5, 5.41) is 11.4. The molecule has 0 aromatic carbocycles. The molecule has 1 spiro atoms. The quantitative estimate of drug-likeness (QED) is 0.877. The van der Waals surface area contributed by atoms with Gasteiger partial charge >= 0.3 is 12.1 Å². The fourth-order valence-corrected chi connectivity index (χ4v) is 3.47. The second-order valence-corrected chi connectivity index (χ2v) is 7.49. The molecule has 0 saturated carbocycles. The first kappa shape index (κ1) is 20.7. The van der Waals surface area contributed by atoms with Crippen LogP contribution in [-0.2, 0) is 23.1 Å². The molecule has 0 radical (unpaired) electrons. The number of hydrogen-bond donors (Lipinski definition) is 1. The van der Waals surface area contributed by atoms with E-state index in [-0.39, 0.29) is 5.60 Å². The molecule has 2 aliphatic rings. The number of likely N-dealkylation sites (tertiary alicyclic amines) is 1. The molecule has 2 fully saturated rings. The monoisotopic (exact) mass is 377 g/mol. The predicted molar refractivity (Wildman–Crippen MR) is 88.4 cm³/mol. The standard InChI is InChI=1S/C15H25N3O.C2HF3O2/c1-12(2)14-6-15(19-10-14)4-5-18(11-15)9-13-7-16-17(3)8-13;3-2(4,5)1(6)7/h7-8,12,14H,4-6,9-11H2,1-3H3;(H,6,7). The highest BCUT2D eigenvalue weighted by molar-refractivity contribution is 5.73. The number of alkyl halides is 3. The maximum absolute atomic E-state index is 10.6. The summed E-state index contributed by atoms with van der Waals surface area (Å²) in [6.07, 6.45) is 1.43. The lowest BCUT2D eigenvalue weighted by atomic mass is 9.87. The second-order valence-electron chi connectivity index (χ2n) is 7.49. The van der Waals surface area contributed by atoms with Crippen molar-refractivity contribution in [3.8, 4) is 0 Å². The minimum atomic E-state index is -5.08. The van der Waals surface area contributed by atoms with Crippen LogP contribution in [0.2, 0.25) is 0 Å². The molecule has 9 heteroatoms. The number of ether oxygens (including phenoxy) is 1. The van der Waals surface area contributed by atoms with Crippen LogP contribution in [0.5, 0.6) is 0 Å². The molecule has 2 aliphatic heterocycles. The van der Waals surface area contributed by atoms with E-state index in [1.165, 1.54) is 18.4 Å². The van der Waals surface area contributed by atoms with Crippen molar-refractivity contribution in [2.45, 2.75) is 45.0 Å². The second kappa shape index (κ2) is 7.96. The largest absolute Gasteiger partial charge is 0.490 e. The molecule has 148 valence electrons. The Hall–Kier alpha value is -1.61. The zero-order valence-corrected chi connectivity index (χ0v) is 15.3. The molecule has 1 aromatic rings. The van der Waals surface area contributed by atoms with E-state index in [4.69, 9.17) is 14.6 Å². The summed E-state index contributed by atoms with van der Waals surface area (Å²) in [4.78, 5) is 11.4. The average molecular weight is 377 g/mol. The van der Waals surface area contributed by atoms with Crippen LogP contribution in [0.3, 0.4) is 0 Å². The fourth-order valence-electron chi connectivity index (χ4n) is 3.47. The summed E-state index contributed by atoms with van der Waals surface area (Å²) < 4.78 is 39.8. The van der Waals surface area contributed by atoms with Crippen LogP contribution in [-0.4, -0.2) is 57.2 Å². The summed E-state index contributed by atoms with van der Waals surface area (Å²) in [7, 11) is 1.97. The van der Waals surface area contributed by atoms with Crippen LogP contribution in [0, 0.1) is 11.8 Å². The molecule has 1 N–H and O–H groups in total. The number of halogens is 3. The van der Waals surface area contributed by atoms with E-state index in [2.05, 4.69) is 30.0 Å². The van der Waals surface area contributed by atoms with E-state index in [9.17, 15) is 13.2 Å². The van der Waals surface area contributed by atoms with Gasteiger partial charge in [0.05, 0.1) is 18.4 Å². The maximum Gasteiger partial charge on any atom is 0.490 e. The van der Waals surface area contributed by atoms with Crippen molar-refractivity contribution < 1.29 is 27.8 Å². The van der Waals surface area contributed by atoms with Crippen molar-refractivity contribution in [1.29, 1.82) is 0 Å². The topological polar surface area (TPSA) is 67.6 Å².